The molecule has 0 unspecified atom stereocenters. The first kappa shape index (κ1) is 128. The molecule has 0 radical (unpaired) electrons. The molecule has 0 aromatic heterocycles. The molecule has 0 aliphatic rings. The van der Waals surface area contributed by atoms with Crippen LogP contribution in [0.4, 0.5) is 0 Å². The van der Waals surface area contributed by atoms with Crippen LogP contribution in [0.5, 0.6) is 0 Å². The Kier molecular flexibility index (Phi) is 164. The monoisotopic (exact) mass is 1780 g/mol. The molecule has 0 amide bonds. The smallest absolute Gasteiger partial charge is 0.197 e. The second kappa shape index (κ2) is 124. The van der Waals surface area contributed by atoms with Crippen LogP contribution in [0, 0.1) is 0 Å². The van der Waals surface area contributed by atoms with Gasteiger partial charge < -0.3 is 178 Å². The zero-order valence-corrected chi connectivity index (χ0v) is 78.5. The molecule has 97 heavy (non-hydrogen) atoms. The Morgan fingerprint density at radius 3 is 0.278 bits per heavy atom. The Labute approximate surface area is 710 Å². The SMILES string of the molecule is CCCCCN(CCCCC)C(=S)[S-].CCCCCN(CCCCC)C(=S)[S-].CCCCCN(CCCCC)C(=S)[S-].CCCCCN(CCCCC)C(=S)[S-].CCCCCN(CCCCC)C(=S)[S-].CCCCCN(CCCCC)C(=S)[S-].O=S.O=S.O=S.O=S.O=S.O=S.[Mo]. The maximum absolute atomic E-state index is 7.83. The molecule has 582 valence electrons. The van der Waals surface area contributed by atoms with Crippen molar-refractivity contribution < 1.29 is 46.3 Å². The molecule has 0 spiro atoms. The summed E-state index contributed by atoms with van der Waals surface area (Å²) in [6.07, 6.45) is 45.1. The molecule has 0 atom stereocenters. The van der Waals surface area contributed by atoms with Crippen molar-refractivity contribution in [2.75, 3.05) is 78.5 Å². The Hall–Kier alpha value is 1.47. The fourth-order valence-electron chi connectivity index (χ4n) is 8.40. The molecule has 0 aromatic rings. The van der Waals surface area contributed by atoms with Crippen molar-refractivity contribution >= 4 is 250 Å². The molecular formula is C66H132MoN6O6S18-6. The van der Waals surface area contributed by atoms with E-state index in [9.17, 15) is 0 Å². The fourth-order valence-corrected chi connectivity index (χ4v) is 10.6. The van der Waals surface area contributed by atoms with E-state index in [0.717, 1.165) is 78.5 Å². The summed E-state index contributed by atoms with van der Waals surface area (Å²) in [5.74, 6) is 0. The minimum absolute atomic E-state index is 0. The summed E-state index contributed by atoms with van der Waals surface area (Å²) in [5, 5.41) is 0. The average molecular weight is 1780 g/mol. The normalized spacial score (nSPS) is 9.03. The van der Waals surface area contributed by atoms with Crippen LogP contribution < -0.4 is 0 Å². The van der Waals surface area contributed by atoms with Gasteiger partial charge in [0.1, 0.15) is 0 Å². The van der Waals surface area contributed by atoms with Crippen LogP contribution in [0.3, 0.4) is 0 Å². The topological polar surface area (TPSA) is 122 Å². The Morgan fingerprint density at radius 2 is 0.237 bits per heavy atom. The van der Waals surface area contributed by atoms with Gasteiger partial charge in [-0.3, -0.25) is 0 Å². The van der Waals surface area contributed by atoms with Crippen molar-refractivity contribution in [2.45, 2.75) is 314 Å². The van der Waals surface area contributed by atoms with Crippen molar-refractivity contribution in [3.05, 3.63) is 0 Å². The zero-order chi connectivity index (χ0) is 76.9. The van der Waals surface area contributed by atoms with E-state index < -0.39 is 0 Å². The number of nitrogens with zero attached hydrogens (tertiary/aromatic N) is 6. The molecule has 0 heterocycles. The van der Waals surface area contributed by atoms with E-state index in [0.29, 0.717) is 25.9 Å². The molecule has 0 aliphatic heterocycles. The van der Waals surface area contributed by atoms with Crippen LogP contribution in [0.2, 0.25) is 0 Å². The van der Waals surface area contributed by atoms with Crippen molar-refractivity contribution in [1.29, 1.82) is 0 Å². The van der Waals surface area contributed by atoms with E-state index in [1.54, 1.807) is 0 Å². The molecule has 0 fully saturated rings. The second-order valence-electron chi connectivity index (χ2n) is 22.0. The van der Waals surface area contributed by atoms with Crippen LogP contribution in [0.15, 0.2) is 0 Å². The first-order valence-corrected chi connectivity index (χ1v) is 42.0. The number of unbranched alkanes of at least 4 members (excludes halogenated alkanes) is 24. The van der Waals surface area contributed by atoms with Crippen LogP contribution >= 0.6 is 73.3 Å². The van der Waals surface area contributed by atoms with Gasteiger partial charge in [0.05, 0.1) is 0 Å². The summed E-state index contributed by atoms with van der Waals surface area (Å²) in [6, 6.07) is 0. The molecule has 0 saturated heterocycles. The minimum Gasteiger partial charge on any atom is -0.411 e. The average Bonchev–Trinajstić information content (AvgIpc) is 3.35. The number of thiocarbonyl (C=S) groups is 6. The molecule has 0 aliphatic carbocycles. The summed E-state index contributed by atoms with van der Waals surface area (Å²) in [5.41, 5.74) is 0. The van der Waals surface area contributed by atoms with Gasteiger partial charge in [0.15, 0.2) is 75.2 Å². The van der Waals surface area contributed by atoms with Crippen molar-refractivity contribution in [2.24, 2.45) is 0 Å². The van der Waals surface area contributed by atoms with Gasteiger partial charge in [-0.25, -0.2) is 0 Å². The number of hydrogen-bond acceptors (Lipinski definition) is 24. The summed E-state index contributed by atoms with van der Waals surface area (Å²) < 4.78 is 50.9. The van der Waals surface area contributed by atoms with Crippen molar-refractivity contribution in [3.63, 3.8) is 0 Å². The zero-order valence-electron chi connectivity index (χ0n) is 61.8. The van der Waals surface area contributed by atoms with Gasteiger partial charge in [0.25, 0.3) is 0 Å². The predicted molar refractivity (Wildman–Crippen MR) is 472 cm³/mol. The molecule has 0 rings (SSSR count). The van der Waals surface area contributed by atoms with Gasteiger partial charge in [-0.2, -0.15) is 25.3 Å². The maximum Gasteiger partial charge on any atom is 0.197 e. The van der Waals surface area contributed by atoms with Gasteiger partial charge in [-0.15, -0.1) is 0 Å². The molecule has 0 saturated carbocycles. The van der Waals surface area contributed by atoms with E-state index >= 15 is 0 Å². The molecule has 0 bridgehead atoms. The van der Waals surface area contributed by atoms with Gasteiger partial charge in [-0.05, 0) is 77.0 Å². The molecule has 0 N–H and O–H groups in total. The summed E-state index contributed by atoms with van der Waals surface area (Å²) in [4.78, 5) is 13.1. The Morgan fingerprint density at radius 1 is 0.175 bits per heavy atom. The Bertz CT molecular complexity index is 1230. The molecule has 31 heteroatoms. The van der Waals surface area contributed by atoms with Crippen molar-refractivity contribution in [3.8, 4) is 0 Å². The van der Waals surface area contributed by atoms with Crippen molar-refractivity contribution in [1.82, 2.24) is 29.4 Å². The first-order valence-electron chi connectivity index (χ1n) is 35.1. The summed E-state index contributed by atoms with van der Waals surface area (Å²) in [7, 11) is 0. The van der Waals surface area contributed by atoms with Gasteiger partial charge in [-0.1, -0.05) is 263 Å². The number of rotatable bonds is 48. The quantitative estimate of drug-likeness (QED) is 0.0248. The second-order valence-corrected chi connectivity index (χ2v) is 28.2. The third-order valence-electron chi connectivity index (χ3n) is 13.9. The van der Waals surface area contributed by atoms with Crippen LogP contribution in [-0.4, -0.2) is 159 Å². The summed E-state index contributed by atoms with van der Waals surface area (Å²) >= 11 is 77.7. The van der Waals surface area contributed by atoms with Gasteiger partial charge in [0, 0.05) is 99.6 Å². The van der Waals surface area contributed by atoms with Crippen LogP contribution in [-0.2, 0) is 172 Å². The van der Waals surface area contributed by atoms with Gasteiger partial charge in [0.2, 0.25) is 0 Å². The molecule has 0 aromatic carbocycles. The third kappa shape index (κ3) is 122. The van der Waals surface area contributed by atoms with E-state index in [1.165, 1.54) is 231 Å². The van der Waals surface area contributed by atoms with E-state index in [2.05, 4.69) is 188 Å². The van der Waals surface area contributed by atoms with Gasteiger partial charge >= 0.3 is 0 Å². The largest absolute Gasteiger partial charge is 0.411 e. The fraction of sp³-hybridized carbons (Fsp3) is 0.909. The minimum atomic E-state index is 0. The standard InChI is InChI=1S/6C11H23NS2.Mo.6OS/c6*1-3-5-7-9-12(11(13)14)10-8-6-4-2;;6*1-2/h6*3-10H2,1-2H3,(H,13,14);;;;;;;/p-6. The molecular weight excluding hydrogens is 1650 g/mol. The third-order valence-corrected chi connectivity index (χ3v) is 17.0. The van der Waals surface area contributed by atoms with Crippen LogP contribution in [0.1, 0.15) is 314 Å². The van der Waals surface area contributed by atoms with E-state index in [-0.39, 0.29) is 21.1 Å². The predicted octanol–water partition coefficient (Wildman–Crippen LogP) is 19.0. The summed E-state index contributed by atoms with van der Waals surface area (Å²) in [6.45, 7) is 39.3. The van der Waals surface area contributed by atoms with E-state index in [1.807, 2.05) is 0 Å². The van der Waals surface area contributed by atoms with Crippen LogP contribution in [0.25, 0.3) is 0 Å². The first-order chi connectivity index (χ1) is 46.3. The van der Waals surface area contributed by atoms with E-state index in [4.69, 9.17) is 174 Å². The molecule has 12 nitrogen and oxygen atoms in total. The maximum atomic E-state index is 7.83. The number of hydrogen-bond donors (Lipinski definition) is 0. The Balaban J connectivity index is -0.0000000766.